The van der Waals surface area contributed by atoms with E-state index in [1.165, 1.54) is 38.0 Å². The van der Waals surface area contributed by atoms with E-state index in [4.69, 9.17) is 5.73 Å². The van der Waals surface area contributed by atoms with Crippen molar-refractivity contribution in [2.75, 3.05) is 26.2 Å². The van der Waals surface area contributed by atoms with Gasteiger partial charge in [0.2, 0.25) is 0 Å². The molecule has 1 aromatic rings. The maximum Gasteiger partial charge on any atom is 0.115 e. The molecule has 0 aliphatic carbocycles. The normalized spacial score (nSPS) is 32.4. The van der Waals surface area contributed by atoms with Crippen molar-refractivity contribution in [3.8, 4) is 5.75 Å². The predicted molar refractivity (Wildman–Crippen MR) is 72.6 cm³/mol. The molecule has 3 aliphatic heterocycles. The van der Waals surface area contributed by atoms with Crippen molar-refractivity contribution in [3.05, 3.63) is 29.8 Å². The Morgan fingerprint density at radius 2 is 1.89 bits per heavy atom. The van der Waals surface area contributed by atoms with Crippen LogP contribution in [0.3, 0.4) is 0 Å². The van der Waals surface area contributed by atoms with Crippen LogP contribution in [0, 0.1) is 11.8 Å². The van der Waals surface area contributed by atoms with Crippen molar-refractivity contribution in [1.82, 2.24) is 4.90 Å². The molecule has 3 N–H and O–H groups in total. The van der Waals surface area contributed by atoms with Gasteiger partial charge in [0.1, 0.15) is 5.75 Å². The molecular weight excluding hydrogens is 224 g/mol. The minimum Gasteiger partial charge on any atom is -0.508 e. The molecule has 4 rings (SSSR count). The summed E-state index contributed by atoms with van der Waals surface area (Å²) in [5, 5.41) is 9.39. The lowest BCUT2D eigenvalue weighted by molar-refractivity contribution is 0.0379. The van der Waals surface area contributed by atoms with Gasteiger partial charge in [0.25, 0.3) is 0 Å². The largest absolute Gasteiger partial charge is 0.508 e. The van der Waals surface area contributed by atoms with Gasteiger partial charge >= 0.3 is 0 Å². The Labute approximate surface area is 109 Å². The van der Waals surface area contributed by atoms with Gasteiger partial charge in [-0.3, -0.25) is 0 Å². The topological polar surface area (TPSA) is 49.5 Å². The van der Waals surface area contributed by atoms with E-state index in [1.54, 1.807) is 12.1 Å². The molecule has 0 aromatic heterocycles. The minimum absolute atomic E-state index is 0.337. The van der Waals surface area contributed by atoms with Gasteiger partial charge in [-0.2, -0.15) is 0 Å². The highest BCUT2D eigenvalue weighted by Crippen LogP contribution is 2.40. The molecule has 2 unspecified atom stereocenters. The van der Waals surface area contributed by atoms with E-state index in [-0.39, 0.29) is 0 Å². The maximum absolute atomic E-state index is 9.39. The summed E-state index contributed by atoms with van der Waals surface area (Å²) in [6, 6.07) is 7.62. The standard InChI is InChI=1S/C15H22N2O/c16-9-14(11-1-3-13(18)4-2-11)15-10-17-7-5-12(15)6-8-17/h1-4,12,14-15,18H,5-10,16H2. The van der Waals surface area contributed by atoms with Gasteiger partial charge < -0.3 is 15.7 Å². The van der Waals surface area contributed by atoms with Crippen LogP contribution in [0.4, 0.5) is 0 Å². The van der Waals surface area contributed by atoms with Gasteiger partial charge in [-0.15, -0.1) is 0 Å². The molecule has 3 saturated heterocycles. The van der Waals surface area contributed by atoms with Crippen LogP contribution in [0.25, 0.3) is 0 Å². The Hall–Kier alpha value is -1.06. The highest BCUT2D eigenvalue weighted by molar-refractivity contribution is 5.29. The van der Waals surface area contributed by atoms with Crippen LogP contribution in [0.2, 0.25) is 0 Å². The van der Waals surface area contributed by atoms with E-state index < -0.39 is 0 Å². The third-order valence-corrected chi connectivity index (χ3v) is 4.80. The molecule has 98 valence electrons. The summed E-state index contributed by atoms with van der Waals surface area (Å²) in [4.78, 5) is 2.58. The molecule has 0 amide bonds. The van der Waals surface area contributed by atoms with E-state index in [2.05, 4.69) is 4.90 Å². The van der Waals surface area contributed by atoms with E-state index in [0.717, 1.165) is 5.92 Å². The molecule has 0 saturated carbocycles. The van der Waals surface area contributed by atoms with E-state index in [0.29, 0.717) is 24.1 Å². The zero-order valence-corrected chi connectivity index (χ0v) is 10.8. The second kappa shape index (κ2) is 4.90. The molecule has 0 spiro atoms. The number of fused-ring (bicyclic) bond motifs is 3. The number of phenols is 1. The van der Waals surface area contributed by atoms with E-state index >= 15 is 0 Å². The first-order valence-corrected chi connectivity index (χ1v) is 6.99. The molecule has 3 aliphatic rings. The van der Waals surface area contributed by atoms with Crippen molar-refractivity contribution in [2.24, 2.45) is 17.6 Å². The number of aromatic hydroxyl groups is 1. The van der Waals surface area contributed by atoms with Crippen molar-refractivity contribution in [2.45, 2.75) is 18.8 Å². The third-order valence-electron chi connectivity index (χ3n) is 4.80. The Morgan fingerprint density at radius 3 is 2.39 bits per heavy atom. The molecule has 2 atom stereocenters. The van der Waals surface area contributed by atoms with Gasteiger partial charge in [-0.1, -0.05) is 12.1 Å². The quantitative estimate of drug-likeness (QED) is 0.854. The predicted octanol–water partition coefficient (Wildman–Crippen LogP) is 1.78. The summed E-state index contributed by atoms with van der Waals surface area (Å²) in [5.74, 6) is 2.32. The molecule has 0 radical (unpaired) electrons. The number of nitrogens with two attached hydrogens (primary N) is 1. The minimum atomic E-state index is 0.337. The van der Waals surface area contributed by atoms with Crippen molar-refractivity contribution >= 4 is 0 Å². The van der Waals surface area contributed by atoms with Gasteiger partial charge in [0, 0.05) is 12.5 Å². The zero-order valence-electron chi connectivity index (χ0n) is 10.8. The van der Waals surface area contributed by atoms with Gasteiger partial charge in [0.05, 0.1) is 0 Å². The fourth-order valence-electron chi connectivity index (χ4n) is 3.75. The maximum atomic E-state index is 9.39. The third kappa shape index (κ3) is 2.13. The Balaban J connectivity index is 1.81. The second-order valence-corrected chi connectivity index (χ2v) is 5.74. The fourth-order valence-corrected chi connectivity index (χ4v) is 3.75. The molecule has 1 aromatic carbocycles. The molecule has 3 nitrogen and oxygen atoms in total. The summed E-state index contributed by atoms with van der Waals surface area (Å²) < 4.78 is 0. The van der Waals surface area contributed by atoms with Crippen LogP contribution in [0.15, 0.2) is 24.3 Å². The van der Waals surface area contributed by atoms with Crippen LogP contribution in [0.1, 0.15) is 24.3 Å². The van der Waals surface area contributed by atoms with Crippen molar-refractivity contribution in [3.63, 3.8) is 0 Å². The van der Waals surface area contributed by atoms with E-state index in [1.807, 2.05) is 12.1 Å². The number of phenolic OH excluding ortho intramolecular Hbond substituents is 1. The van der Waals surface area contributed by atoms with Crippen LogP contribution in [-0.4, -0.2) is 36.2 Å². The summed E-state index contributed by atoms with van der Waals surface area (Å²) in [6.45, 7) is 4.45. The van der Waals surface area contributed by atoms with Crippen LogP contribution < -0.4 is 5.73 Å². The van der Waals surface area contributed by atoms with Gasteiger partial charge in [0.15, 0.2) is 0 Å². The number of benzene rings is 1. The molecule has 3 heteroatoms. The summed E-state index contributed by atoms with van der Waals surface area (Å²) in [5.41, 5.74) is 7.31. The number of nitrogens with zero attached hydrogens (tertiary/aromatic N) is 1. The SMILES string of the molecule is NCC(c1ccc(O)cc1)C1CN2CCC1CC2. The average Bonchev–Trinajstić information content (AvgIpc) is 2.43. The lowest BCUT2D eigenvalue weighted by Gasteiger charge is -2.47. The highest BCUT2D eigenvalue weighted by Gasteiger charge is 2.38. The molecule has 3 fully saturated rings. The van der Waals surface area contributed by atoms with Crippen LogP contribution in [-0.2, 0) is 0 Å². The lowest BCUT2D eigenvalue weighted by Crippen LogP contribution is -2.50. The summed E-state index contributed by atoms with van der Waals surface area (Å²) >= 11 is 0. The number of rotatable bonds is 3. The lowest BCUT2D eigenvalue weighted by atomic mass is 9.70. The second-order valence-electron chi connectivity index (χ2n) is 5.74. The fraction of sp³-hybridized carbons (Fsp3) is 0.600. The highest BCUT2D eigenvalue weighted by atomic mass is 16.3. The van der Waals surface area contributed by atoms with Gasteiger partial charge in [-0.25, -0.2) is 0 Å². The molecule has 2 bridgehead atoms. The average molecular weight is 246 g/mol. The number of hydrogen-bond donors (Lipinski definition) is 2. The zero-order chi connectivity index (χ0) is 12.5. The first kappa shape index (κ1) is 12.0. The molecule has 3 heterocycles. The first-order chi connectivity index (χ1) is 8.78. The van der Waals surface area contributed by atoms with Crippen molar-refractivity contribution in [1.29, 1.82) is 0 Å². The Morgan fingerprint density at radius 1 is 1.22 bits per heavy atom. The summed E-state index contributed by atoms with van der Waals surface area (Å²) in [6.07, 6.45) is 2.67. The monoisotopic (exact) mass is 246 g/mol. The van der Waals surface area contributed by atoms with E-state index in [9.17, 15) is 5.11 Å². The number of hydrogen-bond acceptors (Lipinski definition) is 3. The number of piperidine rings is 3. The molecular formula is C15H22N2O. The smallest absolute Gasteiger partial charge is 0.115 e. The Bertz CT molecular complexity index is 395. The summed E-state index contributed by atoms with van der Waals surface area (Å²) in [7, 11) is 0. The van der Waals surface area contributed by atoms with Crippen molar-refractivity contribution < 1.29 is 5.11 Å². The first-order valence-electron chi connectivity index (χ1n) is 6.99. The van der Waals surface area contributed by atoms with Gasteiger partial charge in [-0.05, 0) is 62.0 Å². The van der Waals surface area contributed by atoms with Crippen LogP contribution >= 0.6 is 0 Å². The molecule has 18 heavy (non-hydrogen) atoms. The van der Waals surface area contributed by atoms with Crippen LogP contribution in [0.5, 0.6) is 5.75 Å². The Kier molecular flexibility index (Phi) is 3.27.